The number of rotatable bonds is 6. The molecule has 0 spiro atoms. The fourth-order valence-electron chi connectivity index (χ4n) is 2.99. The summed E-state index contributed by atoms with van der Waals surface area (Å²) in [5.41, 5.74) is 5.10. The lowest BCUT2D eigenvalue weighted by Gasteiger charge is -2.27. The normalized spacial score (nSPS) is 16.4. The quantitative estimate of drug-likeness (QED) is 0.638. The summed E-state index contributed by atoms with van der Waals surface area (Å²) >= 11 is 1.75. The van der Waals surface area contributed by atoms with Crippen LogP contribution in [-0.4, -0.2) is 36.9 Å². The van der Waals surface area contributed by atoms with Crippen LogP contribution >= 0.6 is 11.8 Å². The molecule has 0 fully saturated rings. The molecular formula is C18H27N5S. The fraction of sp³-hybridized carbons (Fsp3) is 0.611. The zero-order valence-corrected chi connectivity index (χ0v) is 15.9. The first-order chi connectivity index (χ1) is 11.6. The number of aromatic nitrogens is 4. The van der Waals surface area contributed by atoms with Crippen molar-refractivity contribution >= 4 is 11.8 Å². The Morgan fingerprint density at radius 1 is 1.25 bits per heavy atom. The predicted octanol–water partition coefficient (Wildman–Crippen LogP) is 3.77. The third-order valence-corrected chi connectivity index (χ3v) is 5.72. The Balaban J connectivity index is 1.63. The highest BCUT2D eigenvalue weighted by atomic mass is 32.2. The smallest absolute Gasteiger partial charge is 0.187 e. The van der Waals surface area contributed by atoms with Gasteiger partial charge in [0.2, 0.25) is 0 Å². The molecule has 2 aromatic heterocycles. The van der Waals surface area contributed by atoms with Crippen LogP contribution in [0.25, 0.3) is 0 Å². The molecule has 3 rings (SSSR count). The SMILES string of the molecule is CCC(C)Sc1ncc(CN2CCc3[nH]nc(C(C)C)c3C2)cn1. The van der Waals surface area contributed by atoms with Crippen molar-refractivity contribution in [3.05, 3.63) is 34.9 Å². The van der Waals surface area contributed by atoms with Crippen LogP contribution in [0.15, 0.2) is 17.6 Å². The van der Waals surface area contributed by atoms with Crippen molar-refractivity contribution in [1.82, 2.24) is 25.1 Å². The van der Waals surface area contributed by atoms with E-state index in [4.69, 9.17) is 0 Å². The average molecular weight is 346 g/mol. The summed E-state index contributed by atoms with van der Waals surface area (Å²) in [6.07, 6.45) is 6.13. The second-order valence-corrected chi connectivity index (χ2v) is 8.30. The lowest BCUT2D eigenvalue weighted by Crippen LogP contribution is -2.30. The van der Waals surface area contributed by atoms with E-state index in [2.05, 4.69) is 52.8 Å². The van der Waals surface area contributed by atoms with E-state index in [1.165, 1.54) is 22.5 Å². The van der Waals surface area contributed by atoms with Crippen LogP contribution in [0.5, 0.6) is 0 Å². The molecule has 0 aromatic carbocycles. The van der Waals surface area contributed by atoms with Gasteiger partial charge < -0.3 is 0 Å². The molecule has 1 atom stereocenters. The number of hydrogen-bond donors (Lipinski definition) is 1. The highest BCUT2D eigenvalue weighted by Gasteiger charge is 2.23. The summed E-state index contributed by atoms with van der Waals surface area (Å²) in [6.45, 7) is 11.7. The van der Waals surface area contributed by atoms with Crippen LogP contribution in [0.1, 0.15) is 62.5 Å². The Kier molecular flexibility index (Phi) is 5.56. The Hall–Kier alpha value is -1.40. The van der Waals surface area contributed by atoms with E-state index in [9.17, 15) is 0 Å². The van der Waals surface area contributed by atoms with Gasteiger partial charge in [-0.25, -0.2) is 9.97 Å². The maximum Gasteiger partial charge on any atom is 0.187 e. The maximum atomic E-state index is 4.52. The molecule has 0 aliphatic carbocycles. The lowest BCUT2D eigenvalue weighted by atomic mass is 9.99. The van der Waals surface area contributed by atoms with Crippen LogP contribution in [0, 0.1) is 0 Å². The topological polar surface area (TPSA) is 57.7 Å². The van der Waals surface area contributed by atoms with Crippen molar-refractivity contribution in [3.63, 3.8) is 0 Å². The molecule has 3 heterocycles. The van der Waals surface area contributed by atoms with E-state index in [1.807, 2.05) is 12.4 Å². The van der Waals surface area contributed by atoms with Gasteiger partial charge in [0.15, 0.2) is 5.16 Å². The standard InChI is InChI=1S/C18H27N5S/c1-5-13(4)24-18-19-8-14(9-20-18)10-23-7-6-16-15(11-23)17(12(2)3)22-21-16/h8-9,12-13H,5-7,10-11H2,1-4H3,(H,21,22). The molecule has 0 amide bonds. The number of hydrogen-bond acceptors (Lipinski definition) is 5. The highest BCUT2D eigenvalue weighted by Crippen LogP contribution is 2.26. The van der Waals surface area contributed by atoms with Gasteiger partial charge in [0, 0.05) is 60.5 Å². The van der Waals surface area contributed by atoms with E-state index in [-0.39, 0.29) is 0 Å². The zero-order valence-electron chi connectivity index (χ0n) is 15.0. The Bertz CT molecular complexity index is 665. The highest BCUT2D eigenvalue weighted by molar-refractivity contribution is 7.99. The van der Waals surface area contributed by atoms with Gasteiger partial charge in [-0.3, -0.25) is 10.00 Å². The third-order valence-electron chi connectivity index (χ3n) is 4.56. The van der Waals surface area contributed by atoms with Crippen LogP contribution in [-0.2, 0) is 19.5 Å². The molecule has 0 saturated carbocycles. The van der Waals surface area contributed by atoms with Crippen LogP contribution in [0.2, 0.25) is 0 Å². The number of aromatic amines is 1. The van der Waals surface area contributed by atoms with Gasteiger partial charge in [-0.15, -0.1) is 0 Å². The summed E-state index contributed by atoms with van der Waals surface area (Å²) < 4.78 is 0. The minimum atomic E-state index is 0.463. The van der Waals surface area contributed by atoms with Gasteiger partial charge in [-0.1, -0.05) is 39.5 Å². The van der Waals surface area contributed by atoms with Gasteiger partial charge in [-0.2, -0.15) is 5.10 Å². The fourth-order valence-corrected chi connectivity index (χ4v) is 3.75. The molecule has 24 heavy (non-hydrogen) atoms. The molecule has 5 nitrogen and oxygen atoms in total. The molecule has 0 saturated heterocycles. The molecular weight excluding hydrogens is 318 g/mol. The Morgan fingerprint density at radius 3 is 2.67 bits per heavy atom. The molecule has 1 aliphatic rings. The van der Waals surface area contributed by atoms with Crippen LogP contribution in [0.3, 0.4) is 0 Å². The largest absolute Gasteiger partial charge is 0.294 e. The van der Waals surface area contributed by atoms with Crippen LogP contribution < -0.4 is 0 Å². The first kappa shape index (κ1) is 17.4. The second kappa shape index (κ2) is 7.66. The molecule has 1 unspecified atom stereocenters. The summed E-state index contributed by atoms with van der Waals surface area (Å²) in [5, 5.41) is 9.17. The van der Waals surface area contributed by atoms with Crippen molar-refractivity contribution in [2.75, 3.05) is 6.54 Å². The maximum absolute atomic E-state index is 4.52. The predicted molar refractivity (Wildman–Crippen MR) is 98.1 cm³/mol. The number of nitrogens with zero attached hydrogens (tertiary/aromatic N) is 4. The summed E-state index contributed by atoms with van der Waals surface area (Å²) in [7, 11) is 0. The molecule has 0 bridgehead atoms. The first-order valence-corrected chi connectivity index (χ1v) is 9.70. The summed E-state index contributed by atoms with van der Waals surface area (Å²) in [6, 6.07) is 0. The average Bonchev–Trinajstić information content (AvgIpc) is 3.00. The third kappa shape index (κ3) is 3.98. The van der Waals surface area contributed by atoms with Crippen molar-refractivity contribution in [1.29, 1.82) is 0 Å². The van der Waals surface area contributed by atoms with Gasteiger partial charge in [0.05, 0.1) is 5.69 Å². The number of thioether (sulfide) groups is 1. The zero-order chi connectivity index (χ0) is 17.1. The lowest BCUT2D eigenvalue weighted by molar-refractivity contribution is 0.243. The summed E-state index contributed by atoms with van der Waals surface area (Å²) in [5.74, 6) is 0.463. The van der Waals surface area contributed by atoms with E-state index in [0.717, 1.165) is 37.6 Å². The monoisotopic (exact) mass is 345 g/mol. The molecule has 1 N–H and O–H groups in total. The van der Waals surface area contributed by atoms with Gasteiger partial charge in [-0.05, 0) is 12.3 Å². The van der Waals surface area contributed by atoms with Crippen molar-refractivity contribution in [2.45, 2.75) is 70.0 Å². The molecule has 1 aliphatic heterocycles. The molecule has 2 aromatic rings. The molecule has 0 radical (unpaired) electrons. The molecule has 130 valence electrons. The molecule has 6 heteroatoms. The van der Waals surface area contributed by atoms with Crippen molar-refractivity contribution in [2.24, 2.45) is 0 Å². The van der Waals surface area contributed by atoms with E-state index < -0.39 is 0 Å². The minimum Gasteiger partial charge on any atom is -0.294 e. The Labute approximate surface area is 148 Å². The van der Waals surface area contributed by atoms with Crippen molar-refractivity contribution in [3.8, 4) is 0 Å². The Morgan fingerprint density at radius 2 is 2.00 bits per heavy atom. The number of H-pyrrole nitrogens is 1. The van der Waals surface area contributed by atoms with Gasteiger partial charge in [0.25, 0.3) is 0 Å². The van der Waals surface area contributed by atoms with Gasteiger partial charge in [0.1, 0.15) is 0 Å². The minimum absolute atomic E-state index is 0.463. The first-order valence-electron chi connectivity index (χ1n) is 8.82. The number of nitrogens with one attached hydrogen (secondary N) is 1. The van der Waals surface area contributed by atoms with E-state index in [1.54, 1.807) is 11.8 Å². The van der Waals surface area contributed by atoms with Crippen LogP contribution in [0.4, 0.5) is 0 Å². The summed E-state index contributed by atoms with van der Waals surface area (Å²) in [4.78, 5) is 11.5. The second-order valence-electron chi connectivity index (χ2n) is 6.89. The van der Waals surface area contributed by atoms with E-state index in [0.29, 0.717) is 11.2 Å². The van der Waals surface area contributed by atoms with E-state index >= 15 is 0 Å². The number of fused-ring (bicyclic) bond motifs is 1. The van der Waals surface area contributed by atoms with Crippen molar-refractivity contribution < 1.29 is 0 Å². The van der Waals surface area contributed by atoms with Gasteiger partial charge >= 0.3 is 0 Å².